The molecule has 0 aromatic carbocycles. The number of aromatic nitrogens is 1. The zero-order valence-electron chi connectivity index (χ0n) is 10.6. The fourth-order valence-corrected chi connectivity index (χ4v) is 1.54. The second kappa shape index (κ2) is 6.14. The third-order valence-corrected chi connectivity index (χ3v) is 2.64. The summed E-state index contributed by atoms with van der Waals surface area (Å²) in [6, 6.07) is 1.27. The Balaban J connectivity index is 2.66. The van der Waals surface area contributed by atoms with E-state index in [0.29, 0.717) is 23.5 Å². The highest BCUT2D eigenvalue weighted by Gasteiger charge is 2.14. The lowest BCUT2D eigenvalue weighted by Gasteiger charge is -2.14. The van der Waals surface area contributed by atoms with E-state index in [0.717, 1.165) is 6.08 Å². The summed E-state index contributed by atoms with van der Waals surface area (Å²) in [6.45, 7) is 7.04. The number of pyridine rings is 1. The molecule has 0 aliphatic rings. The Bertz CT molecular complexity index is 461. The summed E-state index contributed by atoms with van der Waals surface area (Å²) in [4.78, 5) is 15.0. The topological polar surface area (TPSA) is 65.2 Å². The van der Waals surface area contributed by atoms with Crippen LogP contribution >= 0.6 is 0 Å². The molecule has 0 saturated heterocycles. The van der Waals surface area contributed by atoms with Crippen LogP contribution in [0.5, 0.6) is 0 Å². The molecule has 1 unspecified atom stereocenters. The molecule has 1 aromatic heterocycles. The molecule has 0 saturated carbocycles. The molecule has 0 aliphatic heterocycles. The zero-order valence-corrected chi connectivity index (χ0v) is 10.6. The maximum atomic E-state index is 13.2. The highest BCUT2D eigenvalue weighted by atomic mass is 19.1. The third-order valence-electron chi connectivity index (χ3n) is 2.64. The van der Waals surface area contributed by atoms with Crippen LogP contribution in [-0.2, 0) is 9.53 Å². The molecule has 0 fully saturated rings. The average molecular weight is 252 g/mol. The lowest BCUT2D eigenvalue weighted by molar-refractivity contribution is -0.137. The molecule has 0 amide bonds. The summed E-state index contributed by atoms with van der Waals surface area (Å²) in [7, 11) is 0. The number of aryl methyl sites for hydroxylation is 1. The molecule has 2 N–H and O–H groups in total. The number of carbonyl (C=O) groups is 1. The minimum atomic E-state index is -0.460. The third kappa shape index (κ3) is 3.55. The smallest absolute Gasteiger partial charge is 0.330 e. The predicted molar refractivity (Wildman–Crippen MR) is 67.5 cm³/mol. The first-order valence-corrected chi connectivity index (χ1v) is 5.67. The number of hydrogen-bond acceptors (Lipinski definition) is 4. The van der Waals surface area contributed by atoms with Crippen LogP contribution in [0.2, 0.25) is 0 Å². The molecule has 98 valence electrons. The van der Waals surface area contributed by atoms with Crippen molar-refractivity contribution in [2.45, 2.75) is 26.2 Å². The molecule has 1 heterocycles. The van der Waals surface area contributed by atoms with Crippen LogP contribution in [0.15, 0.2) is 18.7 Å². The molecule has 1 rings (SSSR count). The van der Waals surface area contributed by atoms with Crippen LogP contribution in [0.4, 0.5) is 10.1 Å². The van der Waals surface area contributed by atoms with Gasteiger partial charge in [0.1, 0.15) is 5.82 Å². The number of rotatable bonds is 5. The Hall–Kier alpha value is -1.91. The Labute approximate surface area is 106 Å². The Morgan fingerprint density at radius 1 is 1.72 bits per heavy atom. The lowest BCUT2D eigenvalue weighted by Crippen LogP contribution is -2.09. The Kier molecular flexibility index (Phi) is 4.83. The van der Waals surface area contributed by atoms with Crippen molar-refractivity contribution >= 4 is 11.7 Å². The first-order valence-electron chi connectivity index (χ1n) is 5.67. The van der Waals surface area contributed by atoms with Crippen LogP contribution in [0, 0.1) is 12.7 Å². The van der Waals surface area contributed by atoms with Gasteiger partial charge in [-0.2, -0.15) is 0 Å². The van der Waals surface area contributed by atoms with Crippen LogP contribution in [0.25, 0.3) is 0 Å². The van der Waals surface area contributed by atoms with Gasteiger partial charge in [0, 0.05) is 18.1 Å². The van der Waals surface area contributed by atoms with Gasteiger partial charge in [0.2, 0.25) is 0 Å². The SMILES string of the molecule is C=CC(=O)OCCC(C)c1nc(C)c(F)cc1N. The highest BCUT2D eigenvalue weighted by Crippen LogP contribution is 2.24. The van der Waals surface area contributed by atoms with Gasteiger partial charge in [0.15, 0.2) is 0 Å². The van der Waals surface area contributed by atoms with Crippen molar-refractivity contribution in [2.24, 2.45) is 0 Å². The fourth-order valence-electron chi connectivity index (χ4n) is 1.54. The Morgan fingerprint density at radius 3 is 3.00 bits per heavy atom. The second-order valence-corrected chi connectivity index (χ2v) is 4.09. The molecular weight excluding hydrogens is 235 g/mol. The first-order chi connectivity index (χ1) is 8.45. The molecule has 1 atom stereocenters. The largest absolute Gasteiger partial charge is 0.463 e. The molecule has 1 aromatic rings. The molecule has 4 nitrogen and oxygen atoms in total. The minimum Gasteiger partial charge on any atom is -0.463 e. The number of nitrogen functional groups attached to an aromatic ring is 1. The van der Waals surface area contributed by atoms with E-state index in [1.54, 1.807) is 6.92 Å². The molecule has 0 spiro atoms. The van der Waals surface area contributed by atoms with E-state index in [1.807, 2.05) is 6.92 Å². The van der Waals surface area contributed by atoms with Crippen molar-refractivity contribution in [3.8, 4) is 0 Å². The monoisotopic (exact) mass is 252 g/mol. The number of carbonyl (C=O) groups excluding carboxylic acids is 1. The maximum Gasteiger partial charge on any atom is 0.330 e. The van der Waals surface area contributed by atoms with Crippen LogP contribution in [-0.4, -0.2) is 17.6 Å². The van der Waals surface area contributed by atoms with Crippen molar-refractivity contribution in [2.75, 3.05) is 12.3 Å². The standard InChI is InChI=1S/C13H17FN2O2/c1-4-12(17)18-6-5-8(2)13-11(15)7-10(14)9(3)16-13/h4,7-8H,1,5-6,15H2,2-3H3. The van der Waals surface area contributed by atoms with Crippen LogP contribution in [0.1, 0.15) is 30.7 Å². The van der Waals surface area contributed by atoms with Gasteiger partial charge in [-0.3, -0.25) is 4.98 Å². The van der Waals surface area contributed by atoms with Gasteiger partial charge >= 0.3 is 5.97 Å². The summed E-state index contributed by atoms with van der Waals surface area (Å²) >= 11 is 0. The fraction of sp³-hybridized carbons (Fsp3) is 0.385. The molecule has 0 aliphatic carbocycles. The molecule has 0 radical (unpaired) electrons. The van der Waals surface area contributed by atoms with Gasteiger partial charge in [-0.05, 0) is 13.3 Å². The van der Waals surface area contributed by atoms with E-state index in [4.69, 9.17) is 10.5 Å². The Morgan fingerprint density at radius 2 is 2.39 bits per heavy atom. The normalized spacial score (nSPS) is 11.9. The van der Waals surface area contributed by atoms with Crippen LogP contribution < -0.4 is 5.73 Å². The van der Waals surface area contributed by atoms with E-state index < -0.39 is 11.8 Å². The van der Waals surface area contributed by atoms with Gasteiger partial charge in [0.05, 0.1) is 23.7 Å². The number of anilines is 1. The van der Waals surface area contributed by atoms with Gasteiger partial charge in [-0.1, -0.05) is 13.5 Å². The van der Waals surface area contributed by atoms with Gasteiger partial charge in [0.25, 0.3) is 0 Å². The molecule has 0 bridgehead atoms. The zero-order chi connectivity index (χ0) is 13.7. The summed E-state index contributed by atoms with van der Waals surface area (Å²) in [5, 5.41) is 0. The first kappa shape index (κ1) is 14.2. The van der Waals surface area contributed by atoms with Gasteiger partial charge in [-0.25, -0.2) is 9.18 Å². The highest BCUT2D eigenvalue weighted by molar-refractivity contribution is 5.81. The average Bonchev–Trinajstić information content (AvgIpc) is 2.33. The minimum absolute atomic E-state index is 0.0121. The van der Waals surface area contributed by atoms with E-state index in [2.05, 4.69) is 11.6 Å². The molecular formula is C13H17FN2O2. The molecule has 18 heavy (non-hydrogen) atoms. The molecule has 5 heteroatoms. The summed E-state index contributed by atoms with van der Waals surface area (Å²) in [5.74, 6) is -0.887. The van der Waals surface area contributed by atoms with Crippen molar-refractivity contribution in [1.29, 1.82) is 0 Å². The quantitative estimate of drug-likeness (QED) is 0.645. The van der Waals surface area contributed by atoms with Gasteiger partial charge < -0.3 is 10.5 Å². The van der Waals surface area contributed by atoms with Crippen molar-refractivity contribution in [1.82, 2.24) is 4.98 Å². The lowest BCUT2D eigenvalue weighted by atomic mass is 10.0. The number of ether oxygens (including phenoxy) is 1. The number of esters is 1. The van der Waals surface area contributed by atoms with Crippen molar-refractivity contribution < 1.29 is 13.9 Å². The van der Waals surface area contributed by atoms with E-state index in [1.165, 1.54) is 6.07 Å². The van der Waals surface area contributed by atoms with Gasteiger partial charge in [-0.15, -0.1) is 0 Å². The maximum absolute atomic E-state index is 13.2. The van der Waals surface area contributed by atoms with E-state index in [9.17, 15) is 9.18 Å². The van der Waals surface area contributed by atoms with E-state index >= 15 is 0 Å². The number of nitrogens with two attached hydrogens (primary N) is 1. The second-order valence-electron chi connectivity index (χ2n) is 4.09. The summed E-state index contributed by atoms with van der Waals surface area (Å²) in [5.41, 5.74) is 6.98. The van der Waals surface area contributed by atoms with Crippen LogP contribution in [0.3, 0.4) is 0 Å². The van der Waals surface area contributed by atoms with Crippen molar-refractivity contribution in [3.63, 3.8) is 0 Å². The van der Waals surface area contributed by atoms with Crippen molar-refractivity contribution in [3.05, 3.63) is 35.9 Å². The number of halogens is 1. The number of nitrogens with zero attached hydrogens (tertiary/aromatic N) is 1. The number of hydrogen-bond donors (Lipinski definition) is 1. The van der Waals surface area contributed by atoms with E-state index in [-0.39, 0.29) is 12.5 Å². The summed E-state index contributed by atoms with van der Waals surface area (Å²) in [6.07, 6.45) is 1.68. The predicted octanol–water partition coefficient (Wildman–Crippen LogP) is 2.33. The summed E-state index contributed by atoms with van der Waals surface area (Å²) < 4.78 is 18.1.